The van der Waals surface area contributed by atoms with E-state index in [-0.39, 0.29) is 11.8 Å². The van der Waals surface area contributed by atoms with Crippen LogP contribution in [0.15, 0.2) is 35.8 Å². The molecule has 2 aromatic rings. The van der Waals surface area contributed by atoms with Gasteiger partial charge in [0.2, 0.25) is 11.8 Å². The van der Waals surface area contributed by atoms with Crippen molar-refractivity contribution in [2.45, 2.75) is 19.3 Å². The van der Waals surface area contributed by atoms with Gasteiger partial charge < -0.3 is 9.64 Å². The molecule has 1 aromatic carbocycles. The Morgan fingerprint density at radius 2 is 1.97 bits per heavy atom. The maximum absolute atomic E-state index is 12.6. The average molecular weight is 417 g/mol. The van der Waals surface area contributed by atoms with Gasteiger partial charge in [-0.3, -0.25) is 19.4 Å². The van der Waals surface area contributed by atoms with Crippen LogP contribution in [0.5, 0.6) is 5.75 Å². The Bertz CT molecular complexity index is 795. The Morgan fingerprint density at radius 1 is 1.17 bits per heavy atom. The third-order valence-electron chi connectivity index (χ3n) is 5.17. The summed E-state index contributed by atoms with van der Waals surface area (Å²) in [5.74, 6) is 1.02. The van der Waals surface area contributed by atoms with Crippen LogP contribution < -0.4 is 9.64 Å². The lowest BCUT2D eigenvalue weighted by Crippen LogP contribution is -2.40. The van der Waals surface area contributed by atoms with Crippen LogP contribution in [0.1, 0.15) is 18.4 Å². The molecular weight excluding hydrogens is 388 g/mol. The maximum atomic E-state index is 12.6. The number of anilines is 1. The van der Waals surface area contributed by atoms with E-state index < -0.39 is 0 Å². The summed E-state index contributed by atoms with van der Waals surface area (Å²) < 4.78 is 5.17. The number of benzene rings is 1. The third-order valence-corrected chi connectivity index (χ3v) is 6.01. The molecule has 0 spiro atoms. The van der Waals surface area contributed by atoms with Crippen LogP contribution in [0.25, 0.3) is 0 Å². The molecule has 156 valence electrons. The number of carbonyl (C=O) groups excluding carboxylic acids is 2. The molecule has 1 saturated heterocycles. The summed E-state index contributed by atoms with van der Waals surface area (Å²) in [5, 5.41) is 2.57. The number of thiazole rings is 1. The Hall–Kier alpha value is -2.45. The molecule has 0 unspecified atom stereocenters. The number of hydrogen-bond donors (Lipinski definition) is 0. The first-order valence-electron chi connectivity index (χ1n) is 9.86. The second-order valence-electron chi connectivity index (χ2n) is 7.13. The van der Waals surface area contributed by atoms with Gasteiger partial charge in [-0.1, -0.05) is 12.1 Å². The van der Waals surface area contributed by atoms with E-state index in [1.807, 2.05) is 34.5 Å². The van der Waals surface area contributed by atoms with Crippen molar-refractivity contribution in [1.29, 1.82) is 0 Å². The van der Waals surface area contributed by atoms with Crippen LogP contribution in [0.4, 0.5) is 5.13 Å². The van der Waals surface area contributed by atoms with Gasteiger partial charge in [-0.2, -0.15) is 0 Å². The summed E-state index contributed by atoms with van der Waals surface area (Å²) in [6, 6.07) is 7.84. The first kappa shape index (κ1) is 21.3. The van der Waals surface area contributed by atoms with Crippen molar-refractivity contribution in [3.63, 3.8) is 0 Å². The van der Waals surface area contributed by atoms with Gasteiger partial charge in [-0.05, 0) is 30.5 Å². The van der Waals surface area contributed by atoms with Crippen LogP contribution in [0.3, 0.4) is 0 Å². The number of carbonyl (C=O) groups is 2. The highest BCUT2D eigenvalue weighted by Crippen LogP contribution is 2.16. The SMILES string of the molecule is COc1ccc(CCC(=O)N2CCCN(CC(=O)N(C)c3nccs3)CC2)cc1. The summed E-state index contributed by atoms with van der Waals surface area (Å²) >= 11 is 1.45. The van der Waals surface area contributed by atoms with Gasteiger partial charge >= 0.3 is 0 Å². The Labute approximate surface area is 175 Å². The van der Waals surface area contributed by atoms with E-state index in [9.17, 15) is 9.59 Å². The molecule has 1 aliphatic heterocycles. The Kier molecular flexibility index (Phi) is 7.60. The monoisotopic (exact) mass is 416 g/mol. The number of methoxy groups -OCH3 is 1. The van der Waals surface area contributed by atoms with Crippen molar-refractivity contribution in [2.24, 2.45) is 0 Å². The molecule has 1 fully saturated rings. The van der Waals surface area contributed by atoms with Crippen LogP contribution in [-0.4, -0.2) is 73.5 Å². The molecule has 2 heterocycles. The molecular formula is C21H28N4O3S. The van der Waals surface area contributed by atoms with Crippen molar-refractivity contribution in [3.05, 3.63) is 41.4 Å². The lowest BCUT2D eigenvalue weighted by atomic mass is 10.1. The molecule has 0 aliphatic carbocycles. The minimum Gasteiger partial charge on any atom is -0.497 e. The zero-order chi connectivity index (χ0) is 20.6. The number of ether oxygens (including phenoxy) is 1. The molecule has 0 bridgehead atoms. The summed E-state index contributed by atoms with van der Waals surface area (Å²) in [4.78, 5) is 35.0. The van der Waals surface area contributed by atoms with Crippen LogP contribution in [-0.2, 0) is 16.0 Å². The maximum Gasteiger partial charge on any atom is 0.242 e. The number of aryl methyl sites for hydroxylation is 1. The molecule has 1 aromatic heterocycles. The molecule has 7 nitrogen and oxygen atoms in total. The van der Waals surface area contributed by atoms with Crippen molar-refractivity contribution in [3.8, 4) is 5.75 Å². The second-order valence-corrected chi connectivity index (χ2v) is 8.00. The van der Waals surface area contributed by atoms with Crippen LogP contribution in [0, 0.1) is 0 Å². The predicted octanol–water partition coefficient (Wildman–Crippen LogP) is 2.28. The highest BCUT2D eigenvalue weighted by Gasteiger charge is 2.22. The lowest BCUT2D eigenvalue weighted by Gasteiger charge is -2.23. The van der Waals surface area contributed by atoms with E-state index >= 15 is 0 Å². The standard InChI is InChI=1S/C21H28N4O3S/c1-23(21-22-10-15-29-21)20(27)16-24-11-3-12-25(14-13-24)19(26)9-6-17-4-7-18(28-2)8-5-17/h4-5,7-8,10,15H,3,6,9,11-14,16H2,1-2H3. The van der Waals surface area contributed by atoms with E-state index in [1.54, 1.807) is 25.3 Å². The van der Waals surface area contributed by atoms with Crippen LogP contribution in [0.2, 0.25) is 0 Å². The zero-order valence-electron chi connectivity index (χ0n) is 17.0. The molecule has 0 N–H and O–H groups in total. The zero-order valence-corrected chi connectivity index (χ0v) is 17.9. The van der Waals surface area contributed by atoms with Crippen molar-refractivity contribution >= 4 is 28.3 Å². The first-order chi connectivity index (χ1) is 14.1. The van der Waals surface area contributed by atoms with E-state index in [4.69, 9.17) is 4.74 Å². The summed E-state index contributed by atoms with van der Waals surface area (Å²) in [6.07, 6.45) is 3.80. The van der Waals surface area contributed by atoms with Gasteiger partial charge in [0.1, 0.15) is 5.75 Å². The highest BCUT2D eigenvalue weighted by atomic mass is 32.1. The molecule has 0 saturated carbocycles. The molecule has 1 aliphatic rings. The van der Waals surface area contributed by atoms with Crippen molar-refractivity contribution < 1.29 is 14.3 Å². The Morgan fingerprint density at radius 3 is 2.66 bits per heavy atom. The first-order valence-corrected chi connectivity index (χ1v) is 10.7. The lowest BCUT2D eigenvalue weighted by molar-refractivity contribution is -0.131. The fraction of sp³-hybridized carbons (Fsp3) is 0.476. The van der Waals surface area contributed by atoms with Gasteiger partial charge in [0.05, 0.1) is 13.7 Å². The molecule has 3 rings (SSSR count). The van der Waals surface area contributed by atoms with E-state index in [0.717, 1.165) is 37.2 Å². The largest absolute Gasteiger partial charge is 0.497 e. The fourth-order valence-electron chi connectivity index (χ4n) is 3.37. The van der Waals surface area contributed by atoms with E-state index in [2.05, 4.69) is 9.88 Å². The number of likely N-dealkylation sites (N-methyl/N-ethyl adjacent to an activating group) is 1. The van der Waals surface area contributed by atoms with E-state index in [1.165, 1.54) is 11.3 Å². The van der Waals surface area contributed by atoms with Crippen molar-refractivity contribution in [1.82, 2.24) is 14.8 Å². The predicted molar refractivity (Wildman–Crippen MR) is 114 cm³/mol. The second kappa shape index (κ2) is 10.4. The number of rotatable bonds is 7. The molecule has 8 heteroatoms. The van der Waals surface area contributed by atoms with Gasteiger partial charge in [0.15, 0.2) is 5.13 Å². The highest BCUT2D eigenvalue weighted by molar-refractivity contribution is 7.13. The molecule has 0 atom stereocenters. The van der Waals surface area contributed by atoms with Gasteiger partial charge in [0.25, 0.3) is 0 Å². The van der Waals surface area contributed by atoms with Gasteiger partial charge in [-0.25, -0.2) is 4.98 Å². The van der Waals surface area contributed by atoms with E-state index in [0.29, 0.717) is 31.2 Å². The summed E-state index contributed by atoms with van der Waals surface area (Å²) in [6.45, 7) is 3.29. The quantitative estimate of drug-likeness (QED) is 0.693. The van der Waals surface area contributed by atoms with Crippen LogP contribution >= 0.6 is 11.3 Å². The number of nitrogens with zero attached hydrogens (tertiary/aromatic N) is 4. The average Bonchev–Trinajstić information content (AvgIpc) is 3.18. The van der Waals surface area contributed by atoms with Crippen molar-refractivity contribution in [2.75, 3.05) is 51.8 Å². The van der Waals surface area contributed by atoms with Gasteiger partial charge in [-0.15, -0.1) is 11.3 Å². The smallest absolute Gasteiger partial charge is 0.242 e. The fourth-order valence-corrected chi connectivity index (χ4v) is 3.99. The molecule has 29 heavy (non-hydrogen) atoms. The third kappa shape index (κ3) is 6.01. The number of aromatic nitrogens is 1. The normalized spacial score (nSPS) is 15.0. The minimum absolute atomic E-state index is 0.0271. The molecule has 2 amide bonds. The van der Waals surface area contributed by atoms with Gasteiger partial charge in [0, 0.05) is 51.2 Å². The Balaban J connectivity index is 1.44. The number of amides is 2. The topological polar surface area (TPSA) is 66.0 Å². The number of hydrogen-bond acceptors (Lipinski definition) is 6. The summed E-state index contributed by atoms with van der Waals surface area (Å²) in [5.41, 5.74) is 1.13. The minimum atomic E-state index is 0.0271. The summed E-state index contributed by atoms with van der Waals surface area (Å²) in [7, 11) is 3.40. The molecule has 0 radical (unpaired) electrons.